The molecule has 6 nitrogen and oxygen atoms in total. The largest absolute Gasteiger partial charge is 0.371 e. The molecule has 1 aliphatic rings. The second kappa shape index (κ2) is 7.25. The highest BCUT2D eigenvalue weighted by Gasteiger charge is 2.21. The van der Waals surface area contributed by atoms with Crippen molar-refractivity contribution in [2.24, 2.45) is 0 Å². The van der Waals surface area contributed by atoms with Gasteiger partial charge in [-0.2, -0.15) is 5.10 Å². The van der Waals surface area contributed by atoms with Crippen LogP contribution in [0.2, 0.25) is 0 Å². The van der Waals surface area contributed by atoms with Crippen molar-refractivity contribution in [2.75, 3.05) is 18.0 Å². The van der Waals surface area contributed by atoms with Crippen molar-refractivity contribution in [3.63, 3.8) is 0 Å². The molecular weight excluding hydrogens is 314 g/mol. The molecule has 1 aliphatic heterocycles. The first-order chi connectivity index (χ1) is 11.9. The van der Waals surface area contributed by atoms with Gasteiger partial charge >= 0.3 is 0 Å². The number of carbonyl (C=O) groups excluding carboxylic acids is 1. The number of nitrogens with one attached hydrogen (secondary N) is 1. The lowest BCUT2D eigenvalue weighted by molar-refractivity contribution is -0.122. The van der Waals surface area contributed by atoms with Gasteiger partial charge in [-0.3, -0.25) is 4.79 Å². The topological polar surface area (TPSA) is 63.1 Å². The molecule has 2 aromatic rings. The molecule has 6 heteroatoms. The quantitative estimate of drug-likeness (QED) is 0.927. The van der Waals surface area contributed by atoms with Crippen LogP contribution in [0.5, 0.6) is 0 Å². The van der Waals surface area contributed by atoms with Crippen molar-refractivity contribution < 1.29 is 4.79 Å². The fourth-order valence-electron chi connectivity index (χ4n) is 3.19. The normalized spacial score (nSPS) is 16.0. The van der Waals surface area contributed by atoms with Gasteiger partial charge < -0.3 is 10.2 Å². The molecule has 3 rings (SSSR count). The fourth-order valence-corrected chi connectivity index (χ4v) is 3.19. The number of amides is 1. The van der Waals surface area contributed by atoms with Crippen molar-refractivity contribution in [3.8, 4) is 0 Å². The summed E-state index contributed by atoms with van der Waals surface area (Å²) in [6.07, 6.45) is 4.92. The molecule has 1 aromatic heterocycles. The Balaban J connectivity index is 1.49. The van der Waals surface area contributed by atoms with Crippen molar-refractivity contribution in [1.82, 2.24) is 20.1 Å². The summed E-state index contributed by atoms with van der Waals surface area (Å²) < 4.78 is 1.54. The summed E-state index contributed by atoms with van der Waals surface area (Å²) in [4.78, 5) is 18.3. The average Bonchev–Trinajstić information content (AvgIpc) is 3.08. The Morgan fingerprint density at radius 3 is 2.44 bits per heavy atom. The summed E-state index contributed by atoms with van der Waals surface area (Å²) in [6.45, 7) is 8.85. The van der Waals surface area contributed by atoms with Crippen molar-refractivity contribution >= 4 is 11.6 Å². The molecule has 1 aromatic carbocycles. The lowest BCUT2D eigenvalue weighted by Gasteiger charge is -2.34. The third-order valence-corrected chi connectivity index (χ3v) is 4.73. The molecule has 0 atom stereocenters. The minimum absolute atomic E-state index is 0.00141. The van der Waals surface area contributed by atoms with E-state index < -0.39 is 0 Å². The van der Waals surface area contributed by atoms with E-state index in [4.69, 9.17) is 0 Å². The highest BCUT2D eigenvalue weighted by molar-refractivity contribution is 5.75. The van der Waals surface area contributed by atoms with E-state index >= 15 is 0 Å². The summed E-state index contributed by atoms with van der Waals surface area (Å²) in [5.41, 5.74) is 2.80. The Hall–Kier alpha value is -2.37. The van der Waals surface area contributed by atoms with E-state index in [9.17, 15) is 4.79 Å². The van der Waals surface area contributed by atoms with Gasteiger partial charge in [-0.1, -0.05) is 32.9 Å². The van der Waals surface area contributed by atoms with Gasteiger partial charge in [0.1, 0.15) is 19.2 Å². The SMILES string of the molecule is CC(C)(C)c1ccc(N2CCC(NC(=O)Cn3cncn3)CC2)cc1. The molecule has 0 aliphatic carbocycles. The molecule has 0 bridgehead atoms. The Labute approximate surface area is 149 Å². The third kappa shape index (κ3) is 4.59. The van der Waals surface area contributed by atoms with Gasteiger partial charge in [-0.15, -0.1) is 0 Å². The molecular formula is C19H27N5O. The number of nitrogens with zero attached hydrogens (tertiary/aromatic N) is 4. The van der Waals surface area contributed by atoms with Gasteiger partial charge in [0.15, 0.2) is 0 Å². The van der Waals surface area contributed by atoms with E-state index in [1.165, 1.54) is 17.6 Å². The van der Waals surface area contributed by atoms with Gasteiger partial charge in [-0.05, 0) is 36.0 Å². The monoisotopic (exact) mass is 341 g/mol. The minimum atomic E-state index is -0.00141. The summed E-state index contributed by atoms with van der Waals surface area (Å²) in [5, 5.41) is 7.07. The van der Waals surface area contributed by atoms with Crippen molar-refractivity contribution in [3.05, 3.63) is 42.5 Å². The van der Waals surface area contributed by atoms with Crippen LogP contribution in [-0.4, -0.2) is 39.8 Å². The van der Waals surface area contributed by atoms with E-state index in [1.54, 1.807) is 11.0 Å². The Morgan fingerprint density at radius 1 is 1.20 bits per heavy atom. The number of hydrogen-bond donors (Lipinski definition) is 1. The maximum absolute atomic E-state index is 12.0. The molecule has 1 amide bonds. The van der Waals surface area contributed by atoms with Gasteiger partial charge in [0.05, 0.1) is 0 Å². The van der Waals surface area contributed by atoms with Crippen LogP contribution in [0, 0.1) is 0 Å². The molecule has 1 saturated heterocycles. The van der Waals surface area contributed by atoms with E-state index in [0.29, 0.717) is 0 Å². The molecule has 1 fully saturated rings. The Bertz CT molecular complexity index is 680. The highest BCUT2D eigenvalue weighted by Crippen LogP contribution is 2.26. The number of piperidine rings is 1. The van der Waals surface area contributed by atoms with Crippen LogP contribution in [0.25, 0.3) is 0 Å². The Kier molecular flexibility index (Phi) is 5.06. The zero-order valence-electron chi connectivity index (χ0n) is 15.3. The highest BCUT2D eigenvalue weighted by atomic mass is 16.2. The van der Waals surface area contributed by atoms with E-state index in [0.717, 1.165) is 25.9 Å². The average molecular weight is 341 g/mol. The molecule has 1 N–H and O–H groups in total. The predicted molar refractivity (Wildman–Crippen MR) is 98.5 cm³/mol. The first-order valence-corrected chi connectivity index (χ1v) is 8.89. The van der Waals surface area contributed by atoms with Crippen molar-refractivity contribution in [2.45, 2.75) is 51.6 Å². The summed E-state index contributed by atoms with van der Waals surface area (Å²) in [5.74, 6) is -0.00141. The first-order valence-electron chi connectivity index (χ1n) is 8.89. The molecule has 2 heterocycles. The molecule has 0 spiro atoms. The first kappa shape index (κ1) is 17.5. The smallest absolute Gasteiger partial charge is 0.242 e. The number of aromatic nitrogens is 3. The van der Waals surface area contributed by atoms with Crippen LogP contribution in [0.15, 0.2) is 36.9 Å². The van der Waals surface area contributed by atoms with Gasteiger partial charge in [0, 0.05) is 24.8 Å². The van der Waals surface area contributed by atoms with Gasteiger partial charge in [0.2, 0.25) is 5.91 Å². The van der Waals surface area contributed by atoms with Crippen molar-refractivity contribution in [1.29, 1.82) is 0 Å². The maximum atomic E-state index is 12.0. The van der Waals surface area contributed by atoms with Crippen LogP contribution in [0.1, 0.15) is 39.2 Å². The summed E-state index contributed by atoms with van der Waals surface area (Å²) in [6, 6.07) is 9.11. The molecule has 0 saturated carbocycles. The molecule has 0 unspecified atom stereocenters. The Morgan fingerprint density at radius 2 is 1.88 bits per heavy atom. The lowest BCUT2D eigenvalue weighted by atomic mass is 9.87. The fraction of sp³-hybridized carbons (Fsp3) is 0.526. The van der Waals surface area contributed by atoms with Crippen LogP contribution in [0.3, 0.4) is 0 Å². The van der Waals surface area contributed by atoms with Crippen LogP contribution < -0.4 is 10.2 Å². The number of rotatable bonds is 4. The van der Waals surface area contributed by atoms with Crippen LogP contribution in [0.4, 0.5) is 5.69 Å². The zero-order chi connectivity index (χ0) is 17.9. The van der Waals surface area contributed by atoms with E-state index in [2.05, 4.69) is 65.3 Å². The minimum Gasteiger partial charge on any atom is -0.371 e. The zero-order valence-corrected chi connectivity index (χ0v) is 15.3. The predicted octanol–water partition coefficient (Wildman–Crippen LogP) is 2.36. The number of anilines is 1. The van der Waals surface area contributed by atoms with E-state index in [-0.39, 0.29) is 23.9 Å². The standard InChI is InChI=1S/C19H27N5O/c1-19(2,3)15-4-6-17(7-5-15)23-10-8-16(9-11-23)22-18(25)12-24-14-20-13-21-24/h4-7,13-14,16H,8-12H2,1-3H3,(H,22,25). The van der Waals surface area contributed by atoms with Crippen LogP contribution in [-0.2, 0) is 16.8 Å². The number of hydrogen-bond acceptors (Lipinski definition) is 4. The summed E-state index contributed by atoms with van der Waals surface area (Å²) >= 11 is 0. The number of carbonyl (C=O) groups is 1. The maximum Gasteiger partial charge on any atom is 0.242 e. The second-order valence-electron chi connectivity index (χ2n) is 7.72. The van der Waals surface area contributed by atoms with Gasteiger partial charge in [-0.25, -0.2) is 9.67 Å². The lowest BCUT2D eigenvalue weighted by Crippen LogP contribution is -2.45. The van der Waals surface area contributed by atoms with E-state index in [1.807, 2.05) is 0 Å². The number of benzene rings is 1. The third-order valence-electron chi connectivity index (χ3n) is 4.73. The molecule has 0 radical (unpaired) electrons. The molecule has 134 valence electrons. The molecule has 25 heavy (non-hydrogen) atoms. The van der Waals surface area contributed by atoms with Crippen LogP contribution >= 0.6 is 0 Å². The summed E-state index contributed by atoms with van der Waals surface area (Å²) in [7, 11) is 0. The van der Waals surface area contributed by atoms with Gasteiger partial charge in [0.25, 0.3) is 0 Å². The second-order valence-corrected chi connectivity index (χ2v) is 7.72.